The Hall–Kier alpha value is -2.68. The van der Waals surface area contributed by atoms with Crippen molar-refractivity contribution in [3.63, 3.8) is 0 Å². The normalized spacial score (nSPS) is 18.2. The summed E-state index contributed by atoms with van der Waals surface area (Å²) in [7, 11) is 0. The van der Waals surface area contributed by atoms with Crippen LogP contribution in [0.4, 0.5) is 11.6 Å². The fourth-order valence-electron chi connectivity index (χ4n) is 3.55. The summed E-state index contributed by atoms with van der Waals surface area (Å²) in [6.07, 6.45) is 9.84. The Morgan fingerprint density at radius 2 is 1.83 bits per heavy atom. The predicted octanol–water partition coefficient (Wildman–Crippen LogP) is 2.38. The second-order valence-electron chi connectivity index (χ2n) is 6.41. The van der Waals surface area contributed by atoms with Crippen LogP contribution in [0.3, 0.4) is 0 Å². The molecule has 2 aromatic heterocycles. The standard InChI is InChI=1S/C18H20N6/c19-12-14-2-1-8-21-18(14)23-10-6-16(7-11-23)24(15-3-4-15)17-5-9-20-13-22-17/h1-2,5,8-9,13,15-16H,3-4,6-7,10-11H2. The van der Waals surface area contributed by atoms with E-state index in [9.17, 15) is 5.26 Å². The Balaban J connectivity index is 1.48. The first-order valence-corrected chi connectivity index (χ1v) is 8.51. The van der Waals surface area contributed by atoms with Crippen molar-refractivity contribution in [3.8, 4) is 6.07 Å². The SMILES string of the molecule is N#Cc1cccnc1N1CCC(N(c2ccncn2)C2CC2)CC1. The van der Waals surface area contributed by atoms with Gasteiger partial charge in [0.05, 0.1) is 5.56 Å². The molecule has 2 aliphatic rings. The highest BCUT2D eigenvalue weighted by Gasteiger charge is 2.36. The second-order valence-corrected chi connectivity index (χ2v) is 6.41. The third-order valence-electron chi connectivity index (χ3n) is 4.84. The molecular weight excluding hydrogens is 300 g/mol. The fraction of sp³-hybridized carbons (Fsp3) is 0.444. The van der Waals surface area contributed by atoms with Gasteiger partial charge in [-0.2, -0.15) is 5.26 Å². The van der Waals surface area contributed by atoms with E-state index in [4.69, 9.17) is 0 Å². The second kappa shape index (κ2) is 6.44. The molecule has 0 unspecified atom stereocenters. The number of pyridine rings is 1. The van der Waals surface area contributed by atoms with E-state index in [1.807, 2.05) is 24.4 Å². The van der Waals surface area contributed by atoms with Crippen LogP contribution in [0.25, 0.3) is 0 Å². The van der Waals surface area contributed by atoms with Gasteiger partial charge in [0.1, 0.15) is 24.0 Å². The van der Waals surface area contributed by atoms with Crippen LogP contribution in [-0.4, -0.2) is 40.1 Å². The first kappa shape index (κ1) is 14.9. The highest BCUT2D eigenvalue weighted by atomic mass is 15.3. The Kier molecular flexibility index (Phi) is 3.99. The van der Waals surface area contributed by atoms with Crippen LogP contribution in [0.5, 0.6) is 0 Å². The van der Waals surface area contributed by atoms with Crippen LogP contribution in [0.1, 0.15) is 31.2 Å². The molecule has 0 spiro atoms. The quantitative estimate of drug-likeness (QED) is 0.861. The summed E-state index contributed by atoms with van der Waals surface area (Å²) >= 11 is 0. The van der Waals surface area contributed by atoms with Crippen molar-refractivity contribution in [2.45, 2.75) is 37.8 Å². The molecule has 4 rings (SSSR count). The van der Waals surface area contributed by atoms with Gasteiger partial charge in [0.2, 0.25) is 0 Å². The average molecular weight is 320 g/mol. The highest BCUT2D eigenvalue weighted by molar-refractivity contribution is 5.54. The molecule has 0 atom stereocenters. The molecule has 0 aromatic carbocycles. The zero-order chi connectivity index (χ0) is 16.4. The number of nitrogens with zero attached hydrogens (tertiary/aromatic N) is 6. The van der Waals surface area contributed by atoms with Crippen LogP contribution in [0.15, 0.2) is 36.9 Å². The van der Waals surface area contributed by atoms with E-state index in [-0.39, 0.29) is 0 Å². The summed E-state index contributed by atoms with van der Waals surface area (Å²) in [6, 6.07) is 9.04. The van der Waals surface area contributed by atoms with Crippen molar-refractivity contribution in [1.82, 2.24) is 15.0 Å². The van der Waals surface area contributed by atoms with Crippen LogP contribution < -0.4 is 9.80 Å². The van der Waals surface area contributed by atoms with E-state index in [0.717, 1.165) is 37.6 Å². The molecule has 6 nitrogen and oxygen atoms in total. The Labute approximate surface area is 141 Å². The van der Waals surface area contributed by atoms with Crippen molar-refractivity contribution >= 4 is 11.6 Å². The van der Waals surface area contributed by atoms with Gasteiger partial charge in [-0.05, 0) is 43.9 Å². The van der Waals surface area contributed by atoms with E-state index < -0.39 is 0 Å². The number of piperidine rings is 1. The zero-order valence-corrected chi connectivity index (χ0v) is 13.5. The number of nitriles is 1. The van der Waals surface area contributed by atoms with E-state index in [2.05, 4.69) is 30.8 Å². The lowest BCUT2D eigenvalue weighted by Gasteiger charge is -2.40. The number of anilines is 2. The van der Waals surface area contributed by atoms with Crippen molar-refractivity contribution < 1.29 is 0 Å². The lowest BCUT2D eigenvalue weighted by Crippen LogP contribution is -2.46. The lowest BCUT2D eigenvalue weighted by molar-refractivity contribution is 0.457. The fourth-order valence-corrected chi connectivity index (χ4v) is 3.55. The number of aromatic nitrogens is 3. The maximum Gasteiger partial charge on any atom is 0.146 e. The predicted molar refractivity (Wildman–Crippen MR) is 91.7 cm³/mol. The monoisotopic (exact) mass is 320 g/mol. The van der Waals surface area contributed by atoms with Gasteiger partial charge >= 0.3 is 0 Å². The van der Waals surface area contributed by atoms with Gasteiger partial charge in [-0.15, -0.1) is 0 Å². The maximum atomic E-state index is 9.28. The number of hydrogen-bond acceptors (Lipinski definition) is 6. The maximum absolute atomic E-state index is 9.28. The number of rotatable bonds is 4. The smallest absolute Gasteiger partial charge is 0.146 e. The molecule has 0 N–H and O–H groups in total. The van der Waals surface area contributed by atoms with Crippen molar-refractivity contribution in [3.05, 3.63) is 42.5 Å². The first-order valence-electron chi connectivity index (χ1n) is 8.51. The molecule has 24 heavy (non-hydrogen) atoms. The van der Waals surface area contributed by atoms with Crippen LogP contribution in [-0.2, 0) is 0 Å². The van der Waals surface area contributed by atoms with E-state index in [1.54, 1.807) is 12.5 Å². The van der Waals surface area contributed by atoms with Gasteiger partial charge in [-0.3, -0.25) is 0 Å². The van der Waals surface area contributed by atoms with E-state index >= 15 is 0 Å². The van der Waals surface area contributed by atoms with Gasteiger partial charge in [0, 0.05) is 37.6 Å². The molecule has 2 aromatic rings. The minimum Gasteiger partial charge on any atom is -0.355 e. The van der Waals surface area contributed by atoms with Crippen LogP contribution in [0, 0.1) is 11.3 Å². The summed E-state index contributed by atoms with van der Waals surface area (Å²) in [6.45, 7) is 1.84. The summed E-state index contributed by atoms with van der Waals surface area (Å²) in [5.74, 6) is 1.86. The van der Waals surface area contributed by atoms with Gasteiger partial charge in [0.25, 0.3) is 0 Å². The van der Waals surface area contributed by atoms with Crippen molar-refractivity contribution in [2.24, 2.45) is 0 Å². The van der Waals surface area contributed by atoms with Crippen LogP contribution >= 0.6 is 0 Å². The summed E-state index contributed by atoms with van der Waals surface area (Å²) < 4.78 is 0. The van der Waals surface area contributed by atoms with E-state index in [1.165, 1.54) is 12.8 Å². The molecule has 1 saturated heterocycles. The van der Waals surface area contributed by atoms with Crippen molar-refractivity contribution in [1.29, 1.82) is 5.26 Å². The molecule has 1 saturated carbocycles. The third-order valence-corrected chi connectivity index (χ3v) is 4.84. The minimum atomic E-state index is 0.498. The molecule has 0 bridgehead atoms. The molecule has 0 radical (unpaired) electrons. The zero-order valence-electron chi connectivity index (χ0n) is 13.5. The Bertz CT molecular complexity index is 729. The van der Waals surface area contributed by atoms with Gasteiger partial charge in [-0.25, -0.2) is 15.0 Å². The molecule has 0 amide bonds. The van der Waals surface area contributed by atoms with Gasteiger partial charge in [0.15, 0.2) is 0 Å². The van der Waals surface area contributed by atoms with Crippen molar-refractivity contribution in [2.75, 3.05) is 22.9 Å². The summed E-state index contributed by atoms with van der Waals surface area (Å²) in [5, 5.41) is 9.28. The van der Waals surface area contributed by atoms with Crippen LogP contribution in [0.2, 0.25) is 0 Å². The minimum absolute atomic E-state index is 0.498. The Morgan fingerprint density at radius 3 is 2.50 bits per heavy atom. The van der Waals surface area contributed by atoms with Gasteiger partial charge in [-0.1, -0.05) is 0 Å². The summed E-state index contributed by atoms with van der Waals surface area (Å²) in [4.78, 5) is 17.6. The third kappa shape index (κ3) is 2.90. The lowest BCUT2D eigenvalue weighted by atomic mass is 10.0. The Morgan fingerprint density at radius 1 is 1.04 bits per heavy atom. The molecular formula is C18H20N6. The highest BCUT2D eigenvalue weighted by Crippen LogP contribution is 2.35. The summed E-state index contributed by atoms with van der Waals surface area (Å²) in [5.41, 5.74) is 0.658. The average Bonchev–Trinajstić information content (AvgIpc) is 3.48. The topological polar surface area (TPSA) is 68.9 Å². The molecule has 6 heteroatoms. The molecule has 2 fully saturated rings. The largest absolute Gasteiger partial charge is 0.355 e. The van der Waals surface area contributed by atoms with Gasteiger partial charge < -0.3 is 9.80 Å². The molecule has 1 aliphatic carbocycles. The molecule has 3 heterocycles. The van der Waals surface area contributed by atoms with E-state index in [0.29, 0.717) is 17.6 Å². The first-order chi connectivity index (χ1) is 11.9. The molecule has 1 aliphatic heterocycles. The number of hydrogen-bond donors (Lipinski definition) is 0. The molecule has 122 valence electrons.